The van der Waals surface area contributed by atoms with Gasteiger partial charge in [-0.2, -0.15) is 0 Å². The number of aromatic amines is 1. The minimum Gasteiger partial charge on any atom is -0.354 e. The lowest BCUT2D eigenvalue weighted by Crippen LogP contribution is -1.99. The third-order valence-electron chi connectivity index (χ3n) is 4.21. The molecule has 4 heteroatoms. The van der Waals surface area contributed by atoms with Crippen molar-refractivity contribution in [1.29, 1.82) is 0 Å². The second-order valence-corrected chi connectivity index (χ2v) is 6.69. The van der Waals surface area contributed by atoms with Gasteiger partial charge in [-0.15, -0.1) is 0 Å². The van der Waals surface area contributed by atoms with Crippen LogP contribution in [0.1, 0.15) is 24.0 Å². The Bertz CT molecular complexity index is 837. The Morgan fingerprint density at radius 2 is 1.91 bits per heavy atom. The predicted molar refractivity (Wildman–Crippen MR) is 100 cm³/mol. The first-order valence-electron chi connectivity index (χ1n) is 7.87. The molecule has 3 N–H and O–H groups in total. The van der Waals surface area contributed by atoms with Crippen LogP contribution in [-0.4, -0.2) is 11.5 Å². The van der Waals surface area contributed by atoms with Crippen LogP contribution in [0.2, 0.25) is 10.0 Å². The minimum absolute atomic E-state index is 0.710. The Kier molecular flexibility index (Phi) is 4.96. The fourth-order valence-corrected chi connectivity index (χ4v) is 3.51. The van der Waals surface area contributed by atoms with Gasteiger partial charge >= 0.3 is 0 Å². The standard InChI is InChI=1S/C19H20Cl2N2/c1-12-8-9-16(21)17-15(7-2-3-10-22)19(23-18(12)17)13-5-4-6-14(20)11-13/h4-6,8-9,11,23H,2-3,7,10,22H2,1H3. The molecule has 0 saturated heterocycles. The zero-order valence-corrected chi connectivity index (χ0v) is 14.6. The monoisotopic (exact) mass is 346 g/mol. The lowest BCUT2D eigenvalue weighted by Gasteiger charge is -2.06. The Balaban J connectivity index is 2.21. The first-order valence-corrected chi connectivity index (χ1v) is 8.63. The quantitative estimate of drug-likeness (QED) is 0.569. The molecule has 1 heterocycles. The molecule has 3 aromatic rings. The van der Waals surface area contributed by atoms with Crippen LogP contribution in [-0.2, 0) is 6.42 Å². The van der Waals surface area contributed by atoms with Crippen molar-refractivity contribution in [3.05, 3.63) is 57.6 Å². The number of hydrogen-bond acceptors (Lipinski definition) is 1. The van der Waals surface area contributed by atoms with Gasteiger partial charge in [-0.25, -0.2) is 0 Å². The molecule has 0 unspecified atom stereocenters. The summed E-state index contributed by atoms with van der Waals surface area (Å²) in [5.74, 6) is 0. The maximum Gasteiger partial charge on any atom is 0.0506 e. The third-order valence-corrected chi connectivity index (χ3v) is 4.76. The molecule has 0 aliphatic rings. The summed E-state index contributed by atoms with van der Waals surface area (Å²) < 4.78 is 0. The van der Waals surface area contributed by atoms with E-state index in [1.54, 1.807) is 0 Å². The lowest BCUT2D eigenvalue weighted by atomic mass is 9.99. The van der Waals surface area contributed by atoms with Crippen LogP contribution in [0.15, 0.2) is 36.4 Å². The average molecular weight is 347 g/mol. The number of fused-ring (bicyclic) bond motifs is 1. The zero-order valence-electron chi connectivity index (χ0n) is 13.1. The van der Waals surface area contributed by atoms with Crippen LogP contribution in [0.4, 0.5) is 0 Å². The van der Waals surface area contributed by atoms with Crippen molar-refractivity contribution in [2.24, 2.45) is 5.73 Å². The van der Waals surface area contributed by atoms with Gasteiger partial charge < -0.3 is 10.7 Å². The fourth-order valence-electron chi connectivity index (χ4n) is 3.05. The van der Waals surface area contributed by atoms with Crippen molar-refractivity contribution in [2.45, 2.75) is 26.2 Å². The second kappa shape index (κ2) is 6.96. The van der Waals surface area contributed by atoms with E-state index in [1.807, 2.05) is 30.3 Å². The Hall–Kier alpha value is -1.48. The van der Waals surface area contributed by atoms with Crippen LogP contribution in [0.5, 0.6) is 0 Å². The van der Waals surface area contributed by atoms with Crippen molar-refractivity contribution >= 4 is 34.1 Å². The van der Waals surface area contributed by atoms with Crippen LogP contribution in [0.25, 0.3) is 22.2 Å². The van der Waals surface area contributed by atoms with E-state index in [9.17, 15) is 0 Å². The summed E-state index contributed by atoms with van der Waals surface area (Å²) in [4.78, 5) is 3.57. The molecular formula is C19H20Cl2N2. The van der Waals surface area contributed by atoms with E-state index in [4.69, 9.17) is 28.9 Å². The molecule has 0 aliphatic heterocycles. The normalized spacial score (nSPS) is 11.3. The number of halogens is 2. The molecule has 0 bridgehead atoms. The average Bonchev–Trinajstić information content (AvgIpc) is 2.92. The molecule has 0 radical (unpaired) electrons. The van der Waals surface area contributed by atoms with E-state index in [2.05, 4.69) is 18.0 Å². The molecule has 0 aliphatic carbocycles. The van der Waals surface area contributed by atoms with Gasteiger partial charge in [-0.05, 0) is 67.6 Å². The number of aromatic nitrogens is 1. The first-order chi connectivity index (χ1) is 11.1. The van der Waals surface area contributed by atoms with E-state index in [0.717, 1.165) is 51.5 Å². The van der Waals surface area contributed by atoms with Crippen molar-refractivity contribution in [3.8, 4) is 11.3 Å². The SMILES string of the molecule is Cc1ccc(Cl)c2c(CCCCN)c(-c3cccc(Cl)c3)[nH]c12. The highest BCUT2D eigenvalue weighted by molar-refractivity contribution is 6.36. The summed E-state index contributed by atoms with van der Waals surface area (Å²) in [6, 6.07) is 11.9. The zero-order chi connectivity index (χ0) is 16.4. The Morgan fingerprint density at radius 3 is 2.65 bits per heavy atom. The highest BCUT2D eigenvalue weighted by Gasteiger charge is 2.16. The second-order valence-electron chi connectivity index (χ2n) is 5.85. The van der Waals surface area contributed by atoms with Crippen LogP contribution < -0.4 is 5.73 Å². The van der Waals surface area contributed by atoms with Gasteiger partial charge in [-0.1, -0.05) is 41.4 Å². The van der Waals surface area contributed by atoms with Gasteiger partial charge in [0.05, 0.1) is 10.5 Å². The molecular weight excluding hydrogens is 327 g/mol. The number of rotatable bonds is 5. The number of H-pyrrole nitrogens is 1. The van der Waals surface area contributed by atoms with E-state index in [0.29, 0.717) is 6.54 Å². The third kappa shape index (κ3) is 3.25. The molecule has 3 rings (SSSR count). The summed E-state index contributed by atoms with van der Waals surface area (Å²) in [7, 11) is 0. The van der Waals surface area contributed by atoms with Crippen molar-refractivity contribution in [1.82, 2.24) is 4.98 Å². The summed E-state index contributed by atoms with van der Waals surface area (Å²) >= 11 is 12.7. The van der Waals surface area contributed by atoms with Crippen LogP contribution in [0, 0.1) is 6.92 Å². The molecule has 0 spiro atoms. The van der Waals surface area contributed by atoms with Gasteiger partial charge in [0.25, 0.3) is 0 Å². The molecule has 23 heavy (non-hydrogen) atoms. The number of unbranched alkanes of at least 4 members (excludes halogenated alkanes) is 1. The Morgan fingerprint density at radius 1 is 1.09 bits per heavy atom. The maximum atomic E-state index is 6.51. The van der Waals surface area contributed by atoms with Crippen LogP contribution >= 0.6 is 23.2 Å². The molecule has 0 atom stereocenters. The molecule has 1 aromatic heterocycles. The summed E-state index contributed by atoms with van der Waals surface area (Å²) in [5.41, 5.74) is 11.4. The van der Waals surface area contributed by atoms with Gasteiger partial charge in [0.2, 0.25) is 0 Å². The molecule has 0 saturated carbocycles. The van der Waals surface area contributed by atoms with Crippen molar-refractivity contribution in [3.63, 3.8) is 0 Å². The predicted octanol–water partition coefficient (Wildman–Crippen LogP) is 5.73. The largest absolute Gasteiger partial charge is 0.354 e. The highest BCUT2D eigenvalue weighted by Crippen LogP contribution is 2.37. The van der Waals surface area contributed by atoms with Gasteiger partial charge in [0.15, 0.2) is 0 Å². The first kappa shape index (κ1) is 16.4. The minimum atomic E-state index is 0.710. The van der Waals surface area contributed by atoms with Gasteiger partial charge in [-0.3, -0.25) is 0 Å². The Labute approximate surface area is 146 Å². The maximum absolute atomic E-state index is 6.51. The summed E-state index contributed by atoms with van der Waals surface area (Å²) in [6.07, 6.45) is 2.99. The number of nitrogens with one attached hydrogen (secondary N) is 1. The van der Waals surface area contributed by atoms with Crippen molar-refractivity contribution < 1.29 is 0 Å². The molecule has 2 nitrogen and oxygen atoms in total. The van der Waals surface area contributed by atoms with Gasteiger partial charge in [0.1, 0.15) is 0 Å². The summed E-state index contributed by atoms with van der Waals surface area (Å²) in [6.45, 7) is 2.81. The fraction of sp³-hybridized carbons (Fsp3) is 0.263. The molecule has 2 aromatic carbocycles. The molecule has 0 fully saturated rings. The number of aryl methyl sites for hydroxylation is 2. The lowest BCUT2D eigenvalue weighted by molar-refractivity contribution is 0.748. The molecule has 120 valence electrons. The highest BCUT2D eigenvalue weighted by atomic mass is 35.5. The van der Waals surface area contributed by atoms with Crippen molar-refractivity contribution in [2.75, 3.05) is 6.54 Å². The number of nitrogens with two attached hydrogens (primary N) is 1. The number of benzene rings is 2. The smallest absolute Gasteiger partial charge is 0.0506 e. The van der Waals surface area contributed by atoms with E-state index < -0.39 is 0 Å². The van der Waals surface area contributed by atoms with E-state index >= 15 is 0 Å². The van der Waals surface area contributed by atoms with Gasteiger partial charge in [0, 0.05) is 16.1 Å². The summed E-state index contributed by atoms with van der Waals surface area (Å²) in [5, 5.41) is 2.65. The van der Waals surface area contributed by atoms with E-state index in [-0.39, 0.29) is 0 Å². The van der Waals surface area contributed by atoms with Crippen LogP contribution in [0.3, 0.4) is 0 Å². The topological polar surface area (TPSA) is 41.8 Å². The molecule has 0 amide bonds. The number of hydrogen-bond donors (Lipinski definition) is 2. The van der Waals surface area contributed by atoms with E-state index in [1.165, 1.54) is 11.1 Å².